The fraction of sp³-hybridized carbons (Fsp3) is 0.571. The maximum absolute atomic E-state index is 5.95. The minimum absolute atomic E-state index is 0.0771. The van der Waals surface area contributed by atoms with Crippen molar-refractivity contribution in [3.8, 4) is 0 Å². The number of piperidine rings is 1. The van der Waals surface area contributed by atoms with E-state index in [4.69, 9.17) is 15.2 Å². The molecule has 2 N–H and O–H groups in total. The predicted octanol–water partition coefficient (Wildman–Crippen LogP) is 1.36. The first-order valence-electron chi connectivity index (χ1n) is 6.63. The lowest BCUT2D eigenvalue weighted by molar-refractivity contribution is -0.179. The fourth-order valence-electron chi connectivity index (χ4n) is 2.74. The number of para-hydroxylation sites is 1. The van der Waals surface area contributed by atoms with Crippen LogP contribution in [-0.4, -0.2) is 38.1 Å². The Morgan fingerprint density at radius 2 is 1.94 bits per heavy atom. The van der Waals surface area contributed by atoms with E-state index in [0.717, 1.165) is 25.9 Å². The molecule has 1 aromatic carbocycles. The molecule has 4 nitrogen and oxygen atoms in total. The number of hydrogen-bond acceptors (Lipinski definition) is 4. The van der Waals surface area contributed by atoms with Gasteiger partial charge in [0.15, 0.2) is 5.79 Å². The molecule has 0 aliphatic carbocycles. The molecule has 0 saturated carbocycles. The van der Waals surface area contributed by atoms with Gasteiger partial charge in [0.05, 0.1) is 12.7 Å². The van der Waals surface area contributed by atoms with Crippen LogP contribution in [0, 0.1) is 0 Å². The minimum Gasteiger partial charge on any atom is -0.371 e. The van der Waals surface area contributed by atoms with Gasteiger partial charge < -0.3 is 20.1 Å². The van der Waals surface area contributed by atoms with Crippen molar-refractivity contribution in [3.05, 3.63) is 30.3 Å². The molecule has 0 amide bonds. The summed E-state index contributed by atoms with van der Waals surface area (Å²) in [6.45, 7) is 3.13. The number of nitrogens with two attached hydrogens (primary N) is 1. The Labute approximate surface area is 108 Å². The average molecular weight is 248 g/mol. The maximum atomic E-state index is 5.95. The molecule has 1 spiro atoms. The second kappa shape index (κ2) is 4.88. The standard InChI is InChI=1S/C14H20N2O2/c15-10-13-11-17-14(18-13)6-8-16(9-7-14)12-4-2-1-3-5-12/h1-5,13H,6-11,15H2. The van der Waals surface area contributed by atoms with Crippen LogP contribution in [0.3, 0.4) is 0 Å². The van der Waals surface area contributed by atoms with E-state index < -0.39 is 0 Å². The minimum atomic E-state index is -0.366. The summed E-state index contributed by atoms with van der Waals surface area (Å²) in [5.41, 5.74) is 6.91. The van der Waals surface area contributed by atoms with Gasteiger partial charge in [-0.1, -0.05) is 18.2 Å². The lowest BCUT2D eigenvalue weighted by atomic mass is 10.0. The largest absolute Gasteiger partial charge is 0.371 e. The van der Waals surface area contributed by atoms with Crippen LogP contribution >= 0.6 is 0 Å². The van der Waals surface area contributed by atoms with Crippen molar-refractivity contribution in [1.29, 1.82) is 0 Å². The van der Waals surface area contributed by atoms with E-state index in [0.29, 0.717) is 13.2 Å². The number of nitrogens with zero attached hydrogens (tertiary/aromatic N) is 1. The summed E-state index contributed by atoms with van der Waals surface area (Å²) in [6, 6.07) is 10.5. The Bertz CT molecular complexity index is 388. The summed E-state index contributed by atoms with van der Waals surface area (Å²) >= 11 is 0. The topological polar surface area (TPSA) is 47.7 Å². The summed E-state index contributed by atoms with van der Waals surface area (Å²) in [7, 11) is 0. The number of anilines is 1. The highest BCUT2D eigenvalue weighted by molar-refractivity contribution is 5.46. The molecule has 0 radical (unpaired) electrons. The number of benzene rings is 1. The van der Waals surface area contributed by atoms with E-state index in [1.54, 1.807) is 0 Å². The van der Waals surface area contributed by atoms with E-state index in [1.165, 1.54) is 5.69 Å². The zero-order chi connectivity index (χ0) is 12.4. The van der Waals surface area contributed by atoms with Crippen LogP contribution in [0.25, 0.3) is 0 Å². The molecule has 4 heteroatoms. The van der Waals surface area contributed by atoms with Gasteiger partial charge in [-0.2, -0.15) is 0 Å². The van der Waals surface area contributed by atoms with Crippen molar-refractivity contribution in [3.63, 3.8) is 0 Å². The van der Waals surface area contributed by atoms with Crippen molar-refractivity contribution >= 4 is 5.69 Å². The van der Waals surface area contributed by atoms with Crippen LogP contribution in [0.5, 0.6) is 0 Å². The Morgan fingerprint density at radius 1 is 1.22 bits per heavy atom. The van der Waals surface area contributed by atoms with E-state index >= 15 is 0 Å². The van der Waals surface area contributed by atoms with Gasteiger partial charge in [-0.15, -0.1) is 0 Å². The number of hydrogen-bond donors (Lipinski definition) is 1. The monoisotopic (exact) mass is 248 g/mol. The molecule has 1 aromatic rings. The first-order chi connectivity index (χ1) is 8.81. The van der Waals surface area contributed by atoms with Crippen LogP contribution < -0.4 is 10.6 Å². The quantitative estimate of drug-likeness (QED) is 0.858. The first-order valence-corrected chi connectivity index (χ1v) is 6.63. The smallest absolute Gasteiger partial charge is 0.172 e. The molecule has 98 valence electrons. The third-order valence-electron chi connectivity index (χ3n) is 3.82. The Morgan fingerprint density at radius 3 is 2.56 bits per heavy atom. The van der Waals surface area contributed by atoms with Crippen LogP contribution in [-0.2, 0) is 9.47 Å². The van der Waals surface area contributed by atoms with Crippen molar-refractivity contribution in [2.24, 2.45) is 5.73 Å². The molecular weight excluding hydrogens is 228 g/mol. The molecule has 2 aliphatic heterocycles. The van der Waals surface area contributed by atoms with Gasteiger partial charge >= 0.3 is 0 Å². The molecule has 2 aliphatic rings. The zero-order valence-electron chi connectivity index (χ0n) is 10.5. The van der Waals surface area contributed by atoms with Crippen LogP contribution in [0.4, 0.5) is 5.69 Å². The molecule has 0 bridgehead atoms. The highest BCUT2D eigenvalue weighted by atomic mass is 16.7. The average Bonchev–Trinajstić information content (AvgIpc) is 2.84. The lowest BCUT2D eigenvalue weighted by Crippen LogP contribution is -2.45. The Kier molecular flexibility index (Phi) is 3.24. The van der Waals surface area contributed by atoms with E-state index in [2.05, 4.69) is 29.2 Å². The normalized spacial score (nSPS) is 26.7. The SMILES string of the molecule is NCC1COC2(CCN(c3ccccc3)CC2)O1. The molecule has 2 saturated heterocycles. The first kappa shape index (κ1) is 12.0. The second-order valence-electron chi connectivity index (χ2n) is 5.02. The predicted molar refractivity (Wildman–Crippen MR) is 70.5 cm³/mol. The molecule has 1 atom stereocenters. The number of ether oxygens (including phenoxy) is 2. The summed E-state index contributed by atoms with van der Waals surface area (Å²) in [6.07, 6.45) is 1.91. The van der Waals surface area contributed by atoms with Crippen molar-refractivity contribution in [1.82, 2.24) is 0 Å². The Balaban J connectivity index is 1.62. The highest BCUT2D eigenvalue weighted by Gasteiger charge is 2.43. The molecule has 1 unspecified atom stereocenters. The molecule has 0 aromatic heterocycles. The van der Waals surface area contributed by atoms with E-state index in [1.807, 2.05) is 6.07 Å². The van der Waals surface area contributed by atoms with Crippen LogP contribution in [0.1, 0.15) is 12.8 Å². The third kappa shape index (κ3) is 2.23. The Hall–Kier alpha value is -1.10. The lowest BCUT2D eigenvalue weighted by Gasteiger charge is -2.39. The molecule has 3 rings (SSSR count). The van der Waals surface area contributed by atoms with Gasteiger partial charge in [-0.25, -0.2) is 0 Å². The highest BCUT2D eigenvalue weighted by Crippen LogP contribution is 2.35. The summed E-state index contributed by atoms with van der Waals surface area (Å²) in [5, 5.41) is 0. The summed E-state index contributed by atoms with van der Waals surface area (Å²) < 4.78 is 11.8. The van der Waals surface area contributed by atoms with Gasteiger partial charge in [0, 0.05) is 38.2 Å². The summed E-state index contributed by atoms with van der Waals surface area (Å²) in [4.78, 5) is 2.38. The molecule has 2 fully saturated rings. The van der Waals surface area contributed by atoms with Gasteiger partial charge in [-0.05, 0) is 12.1 Å². The van der Waals surface area contributed by atoms with Gasteiger partial charge in [0.1, 0.15) is 0 Å². The summed E-state index contributed by atoms with van der Waals surface area (Å²) in [5.74, 6) is -0.366. The van der Waals surface area contributed by atoms with Crippen LogP contribution in [0.15, 0.2) is 30.3 Å². The van der Waals surface area contributed by atoms with Gasteiger partial charge in [0.2, 0.25) is 0 Å². The van der Waals surface area contributed by atoms with Gasteiger partial charge in [0.25, 0.3) is 0 Å². The second-order valence-corrected chi connectivity index (χ2v) is 5.02. The zero-order valence-corrected chi connectivity index (χ0v) is 10.5. The van der Waals surface area contributed by atoms with Crippen molar-refractivity contribution < 1.29 is 9.47 Å². The van der Waals surface area contributed by atoms with E-state index in [9.17, 15) is 0 Å². The van der Waals surface area contributed by atoms with Crippen LogP contribution in [0.2, 0.25) is 0 Å². The van der Waals surface area contributed by atoms with Gasteiger partial charge in [-0.3, -0.25) is 0 Å². The van der Waals surface area contributed by atoms with E-state index in [-0.39, 0.29) is 11.9 Å². The van der Waals surface area contributed by atoms with Crippen molar-refractivity contribution in [2.75, 3.05) is 31.1 Å². The number of rotatable bonds is 2. The molecule has 18 heavy (non-hydrogen) atoms. The molecule has 2 heterocycles. The maximum Gasteiger partial charge on any atom is 0.172 e. The fourth-order valence-corrected chi connectivity index (χ4v) is 2.74. The third-order valence-corrected chi connectivity index (χ3v) is 3.82. The van der Waals surface area contributed by atoms with Crippen molar-refractivity contribution in [2.45, 2.75) is 24.7 Å². The molecular formula is C14H20N2O2.